The average Bonchev–Trinajstić information content (AvgIpc) is 2.67. The van der Waals surface area contributed by atoms with Crippen LogP contribution in [0.25, 0.3) is 0 Å². The Labute approximate surface area is 156 Å². The van der Waals surface area contributed by atoms with E-state index in [2.05, 4.69) is 5.32 Å². The van der Waals surface area contributed by atoms with Crippen molar-refractivity contribution in [2.45, 2.75) is 30.6 Å². The zero-order valence-corrected chi connectivity index (χ0v) is 15.6. The van der Waals surface area contributed by atoms with Crippen LogP contribution in [0, 0.1) is 0 Å². The van der Waals surface area contributed by atoms with E-state index in [1.54, 1.807) is 7.11 Å². The molecule has 0 fully saturated rings. The zero-order valence-electron chi connectivity index (χ0n) is 14.8. The summed E-state index contributed by atoms with van der Waals surface area (Å²) >= 11 is 0. The molecule has 0 saturated heterocycles. The van der Waals surface area contributed by atoms with E-state index in [4.69, 9.17) is 9.47 Å². The molecule has 26 heavy (non-hydrogen) atoms. The molecule has 3 rings (SSSR count). The summed E-state index contributed by atoms with van der Waals surface area (Å²) < 4.78 is 23.2. The summed E-state index contributed by atoms with van der Waals surface area (Å²) in [6.07, 6.45) is 2.95. The number of methoxy groups -OCH3 is 1. The molecule has 0 aliphatic carbocycles. The number of rotatable bonds is 8. The first-order valence-electron chi connectivity index (χ1n) is 8.74. The van der Waals surface area contributed by atoms with E-state index in [1.165, 1.54) is 0 Å². The van der Waals surface area contributed by atoms with Crippen molar-refractivity contribution < 1.29 is 18.5 Å². The molecule has 1 amide bonds. The monoisotopic (exact) mass is 373 g/mol. The lowest BCUT2D eigenvalue weighted by Gasteiger charge is -2.17. The van der Waals surface area contributed by atoms with E-state index in [-0.39, 0.29) is 5.91 Å². The van der Waals surface area contributed by atoms with Crippen LogP contribution < -0.4 is 14.8 Å². The number of fused-ring (bicyclic) bond motifs is 1. The molecule has 0 spiro atoms. The van der Waals surface area contributed by atoms with Crippen LogP contribution in [-0.2, 0) is 22.0 Å². The highest BCUT2D eigenvalue weighted by Crippen LogP contribution is 2.26. The van der Waals surface area contributed by atoms with Crippen molar-refractivity contribution in [1.29, 1.82) is 0 Å². The Balaban J connectivity index is 1.40. The van der Waals surface area contributed by atoms with Gasteiger partial charge in [-0.1, -0.05) is 0 Å². The fourth-order valence-electron chi connectivity index (χ4n) is 2.82. The molecular weight excluding hydrogens is 350 g/mol. The van der Waals surface area contributed by atoms with Crippen molar-refractivity contribution in [1.82, 2.24) is 0 Å². The number of hydrogen-bond acceptors (Lipinski definition) is 4. The Hall–Kier alpha value is -2.34. The summed E-state index contributed by atoms with van der Waals surface area (Å²) in [5.41, 5.74) is 1.99. The number of hydrogen-bond donors (Lipinski definition) is 1. The number of carbonyl (C=O) groups excluding carboxylic acids is 1. The van der Waals surface area contributed by atoms with E-state index in [0.29, 0.717) is 18.8 Å². The first kappa shape index (κ1) is 18.5. The SMILES string of the molecule is COc1ccc(S(=O)CCCCOc2ccc3c(c2)CCC(=O)N3)cc1. The van der Waals surface area contributed by atoms with E-state index < -0.39 is 10.8 Å². The van der Waals surface area contributed by atoms with Gasteiger partial charge in [0.05, 0.1) is 24.5 Å². The number of ether oxygens (including phenoxy) is 2. The standard InChI is InChI=1S/C20H23NO4S/c1-24-16-5-8-18(9-6-16)26(23)13-3-2-12-25-17-7-10-19-15(14-17)4-11-20(22)21-19/h5-10,14H,2-4,11-13H2,1H3,(H,21,22). The van der Waals surface area contributed by atoms with Crippen LogP contribution in [-0.4, -0.2) is 29.6 Å². The Morgan fingerprint density at radius 1 is 1.04 bits per heavy atom. The predicted octanol–water partition coefficient (Wildman–Crippen LogP) is 3.55. The third-order valence-electron chi connectivity index (χ3n) is 4.29. The zero-order chi connectivity index (χ0) is 18.4. The first-order chi connectivity index (χ1) is 12.7. The molecule has 1 aliphatic heterocycles. The van der Waals surface area contributed by atoms with Crippen LogP contribution >= 0.6 is 0 Å². The molecule has 0 bridgehead atoms. The summed E-state index contributed by atoms with van der Waals surface area (Å²) in [6.45, 7) is 0.588. The van der Waals surface area contributed by atoms with Crippen LogP contribution in [0.1, 0.15) is 24.8 Å². The molecule has 2 aromatic carbocycles. The summed E-state index contributed by atoms with van der Waals surface area (Å²) in [7, 11) is 0.617. The number of carbonyl (C=O) groups is 1. The van der Waals surface area contributed by atoms with Crippen LogP contribution in [0.3, 0.4) is 0 Å². The molecule has 1 heterocycles. The van der Waals surface area contributed by atoms with Gasteiger partial charge in [0, 0.05) is 22.8 Å². The lowest BCUT2D eigenvalue weighted by Crippen LogP contribution is -2.18. The van der Waals surface area contributed by atoms with Gasteiger partial charge in [0.1, 0.15) is 11.5 Å². The van der Waals surface area contributed by atoms with E-state index >= 15 is 0 Å². The van der Waals surface area contributed by atoms with Gasteiger partial charge in [-0.3, -0.25) is 9.00 Å². The Morgan fingerprint density at radius 2 is 1.81 bits per heavy atom. The molecule has 1 N–H and O–H groups in total. The average molecular weight is 373 g/mol. The molecular formula is C20H23NO4S. The van der Waals surface area contributed by atoms with Gasteiger partial charge >= 0.3 is 0 Å². The minimum Gasteiger partial charge on any atom is -0.497 e. The predicted molar refractivity (Wildman–Crippen MR) is 102 cm³/mol. The van der Waals surface area contributed by atoms with Crippen molar-refractivity contribution in [2.75, 3.05) is 24.8 Å². The Morgan fingerprint density at radius 3 is 2.58 bits per heavy atom. The van der Waals surface area contributed by atoms with E-state index in [1.807, 2.05) is 42.5 Å². The molecule has 1 atom stereocenters. The number of anilines is 1. The van der Waals surface area contributed by atoms with Crippen molar-refractivity contribution in [2.24, 2.45) is 0 Å². The fraction of sp³-hybridized carbons (Fsp3) is 0.350. The summed E-state index contributed by atoms with van der Waals surface area (Å²) in [4.78, 5) is 12.2. The minimum absolute atomic E-state index is 0.0658. The van der Waals surface area contributed by atoms with Crippen molar-refractivity contribution in [3.05, 3.63) is 48.0 Å². The maximum Gasteiger partial charge on any atom is 0.224 e. The Bertz CT molecular complexity index is 789. The van der Waals surface area contributed by atoms with Gasteiger partial charge in [-0.05, 0) is 67.3 Å². The largest absolute Gasteiger partial charge is 0.497 e. The summed E-state index contributed by atoms with van der Waals surface area (Å²) in [5, 5.41) is 2.86. The minimum atomic E-state index is -0.998. The lowest BCUT2D eigenvalue weighted by atomic mass is 10.0. The van der Waals surface area contributed by atoms with Gasteiger partial charge in [0.2, 0.25) is 5.91 Å². The van der Waals surface area contributed by atoms with Crippen molar-refractivity contribution in [3.8, 4) is 11.5 Å². The Kier molecular flexibility index (Phi) is 6.28. The second-order valence-electron chi connectivity index (χ2n) is 6.15. The van der Waals surface area contributed by atoms with Crippen LogP contribution in [0.2, 0.25) is 0 Å². The highest BCUT2D eigenvalue weighted by molar-refractivity contribution is 7.85. The molecule has 1 unspecified atom stereocenters. The maximum absolute atomic E-state index is 12.3. The lowest BCUT2D eigenvalue weighted by molar-refractivity contribution is -0.116. The first-order valence-corrected chi connectivity index (χ1v) is 10.1. The maximum atomic E-state index is 12.3. The molecule has 138 valence electrons. The molecule has 2 aromatic rings. The molecule has 0 aromatic heterocycles. The van der Waals surface area contributed by atoms with Crippen LogP contribution in [0.15, 0.2) is 47.4 Å². The highest BCUT2D eigenvalue weighted by atomic mass is 32.2. The smallest absolute Gasteiger partial charge is 0.224 e. The van der Waals surface area contributed by atoms with Gasteiger partial charge in [0.25, 0.3) is 0 Å². The number of unbranched alkanes of at least 4 members (excludes halogenated alkanes) is 1. The van der Waals surface area contributed by atoms with Crippen molar-refractivity contribution >= 4 is 22.4 Å². The molecule has 0 radical (unpaired) electrons. The fourth-order valence-corrected chi connectivity index (χ4v) is 3.96. The third-order valence-corrected chi connectivity index (χ3v) is 5.74. The second kappa shape index (κ2) is 8.85. The summed E-state index contributed by atoms with van der Waals surface area (Å²) in [5.74, 6) is 2.27. The van der Waals surface area contributed by atoms with E-state index in [9.17, 15) is 9.00 Å². The van der Waals surface area contributed by atoms with Crippen LogP contribution in [0.5, 0.6) is 11.5 Å². The molecule has 5 nitrogen and oxygen atoms in total. The number of benzene rings is 2. The summed E-state index contributed by atoms with van der Waals surface area (Å²) in [6, 6.07) is 13.1. The second-order valence-corrected chi connectivity index (χ2v) is 7.72. The van der Waals surface area contributed by atoms with Gasteiger partial charge in [-0.2, -0.15) is 0 Å². The number of amides is 1. The quantitative estimate of drug-likeness (QED) is 0.719. The van der Waals surface area contributed by atoms with Gasteiger partial charge < -0.3 is 14.8 Å². The number of aryl methyl sites for hydroxylation is 1. The van der Waals surface area contributed by atoms with Crippen molar-refractivity contribution in [3.63, 3.8) is 0 Å². The molecule has 0 saturated carbocycles. The highest BCUT2D eigenvalue weighted by Gasteiger charge is 2.15. The third kappa shape index (κ3) is 4.85. The van der Waals surface area contributed by atoms with Crippen LogP contribution in [0.4, 0.5) is 5.69 Å². The van der Waals surface area contributed by atoms with Gasteiger partial charge in [0.15, 0.2) is 0 Å². The van der Waals surface area contributed by atoms with Gasteiger partial charge in [-0.15, -0.1) is 0 Å². The van der Waals surface area contributed by atoms with E-state index in [0.717, 1.165) is 46.9 Å². The molecule has 1 aliphatic rings. The van der Waals surface area contributed by atoms with Gasteiger partial charge in [-0.25, -0.2) is 0 Å². The normalized spacial score (nSPS) is 14.3. The topological polar surface area (TPSA) is 64.6 Å². The molecule has 6 heteroatoms. The number of nitrogens with one attached hydrogen (secondary N) is 1.